The van der Waals surface area contributed by atoms with Crippen LogP contribution < -0.4 is 15.5 Å². The van der Waals surface area contributed by atoms with E-state index in [1.807, 2.05) is 13.8 Å². The van der Waals surface area contributed by atoms with Gasteiger partial charge in [-0.3, -0.25) is 14.4 Å². The van der Waals surface area contributed by atoms with Gasteiger partial charge in [0.15, 0.2) is 0 Å². The molecule has 146 valence electrons. The summed E-state index contributed by atoms with van der Waals surface area (Å²) in [4.78, 5) is 38.8. The van der Waals surface area contributed by atoms with Gasteiger partial charge in [-0.15, -0.1) is 0 Å². The molecular formula is C21H22FN3O3. The standard InChI is InChI=1S/C21H22FN3O3/c1-13(2)23-21(28)17-5-3-4-6-18(17)24-20(27)14-11-19(26)25(12-14)16-9-7-15(22)8-10-16/h3-10,13-14H,11-12H2,1-2H3,(H,23,28)(H,24,27)/t14-/m1/s1. The Hall–Kier alpha value is -3.22. The maximum Gasteiger partial charge on any atom is 0.253 e. The monoisotopic (exact) mass is 383 g/mol. The molecule has 28 heavy (non-hydrogen) atoms. The third kappa shape index (κ3) is 4.36. The summed E-state index contributed by atoms with van der Waals surface area (Å²) in [6.07, 6.45) is 0.0591. The van der Waals surface area contributed by atoms with Gasteiger partial charge >= 0.3 is 0 Å². The number of anilines is 2. The average molecular weight is 383 g/mol. The van der Waals surface area contributed by atoms with Gasteiger partial charge < -0.3 is 15.5 Å². The molecule has 0 bridgehead atoms. The van der Waals surface area contributed by atoms with Crippen molar-refractivity contribution < 1.29 is 18.8 Å². The van der Waals surface area contributed by atoms with Gasteiger partial charge in [-0.25, -0.2) is 4.39 Å². The van der Waals surface area contributed by atoms with Crippen LogP contribution in [0.4, 0.5) is 15.8 Å². The van der Waals surface area contributed by atoms with Crippen LogP contribution in [0.5, 0.6) is 0 Å². The normalized spacial score (nSPS) is 16.4. The van der Waals surface area contributed by atoms with Crippen molar-refractivity contribution in [2.24, 2.45) is 5.92 Å². The summed E-state index contributed by atoms with van der Waals surface area (Å²) in [7, 11) is 0. The highest BCUT2D eigenvalue weighted by molar-refractivity contribution is 6.07. The first-order chi connectivity index (χ1) is 13.3. The minimum Gasteiger partial charge on any atom is -0.350 e. The van der Waals surface area contributed by atoms with Crippen LogP contribution in [0.25, 0.3) is 0 Å². The van der Waals surface area contributed by atoms with E-state index >= 15 is 0 Å². The average Bonchev–Trinajstić information content (AvgIpc) is 3.04. The third-order valence-corrected chi connectivity index (χ3v) is 4.48. The lowest BCUT2D eigenvalue weighted by atomic mass is 10.1. The first-order valence-corrected chi connectivity index (χ1v) is 9.12. The number of carbonyl (C=O) groups excluding carboxylic acids is 3. The van der Waals surface area contributed by atoms with E-state index in [-0.39, 0.29) is 42.5 Å². The zero-order valence-corrected chi connectivity index (χ0v) is 15.7. The summed E-state index contributed by atoms with van der Waals surface area (Å²) in [5.74, 6) is -1.75. The van der Waals surface area contributed by atoms with Crippen LogP contribution in [-0.4, -0.2) is 30.3 Å². The van der Waals surface area contributed by atoms with Crippen molar-refractivity contribution in [3.05, 3.63) is 59.9 Å². The molecule has 3 amide bonds. The van der Waals surface area contributed by atoms with Crippen LogP contribution in [0.1, 0.15) is 30.6 Å². The molecule has 1 fully saturated rings. The number of halogens is 1. The predicted octanol–water partition coefficient (Wildman–Crippen LogP) is 2.96. The second kappa shape index (κ2) is 8.21. The maximum atomic E-state index is 13.1. The van der Waals surface area contributed by atoms with Gasteiger partial charge in [0.05, 0.1) is 17.2 Å². The quantitative estimate of drug-likeness (QED) is 0.833. The Kier molecular flexibility index (Phi) is 5.73. The molecule has 2 aromatic carbocycles. The first-order valence-electron chi connectivity index (χ1n) is 9.12. The van der Waals surface area contributed by atoms with Crippen LogP contribution >= 0.6 is 0 Å². The van der Waals surface area contributed by atoms with Gasteiger partial charge in [0.25, 0.3) is 5.91 Å². The fourth-order valence-corrected chi connectivity index (χ4v) is 3.12. The topological polar surface area (TPSA) is 78.5 Å². The number of nitrogens with one attached hydrogen (secondary N) is 2. The zero-order chi connectivity index (χ0) is 20.3. The van der Waals surface area contributed by atoms with Crippen molar-refractivity contribution in [1.29, 1.82) is 0 Å². The molecule has 1 saturated heterocycles. The van der Waals surface area contributed by atoms with Crippen LogP contribution in [-0.2, 0) is 9.59 Å². The summed E-state index contributed by atoms with van der Waals surface area (Å²) in [6.45, 7) is 3.91. The number of para-hydroxylation sites is 1. The molecule has 0 radical (unpaired) electrons. The molecule has 0 spiro atoms. The second-order valence-electron chi connectivity index (χ2n) is 7.04. The number of rotatable bonds is 5. The van der Waals surface area contributed by atoms with Crippen molar-refractivity contribution in [3.8, 4) is 0 Å². The Morgan fingerprint density at radius 3 is 2.46 bits per heavy atom. The lowest BCUT2D eigenvalue weighted by Gasteiger charge is -2.17. The zero-order valence-electron chi connectivity index (χ0n) is 15.7. The van der Waals surface area contributed by atoms with Crippen LogP contribution in [0.2, 0.25) is 0 Å². The Labute approximate surface area is 162 Å². The van der Waals surface area contributed by atoms with E-state index in [4.69, 9.17) is 0 Å². The fourth-order valence-electron chi connectivity index (χ4n) is 3.12. The Bertz CT molecular complexity index is 896. The fraction of sp³-hybridized carbons (Fsp3) is 0.286. The first kappa shape index (κ1) is 19.5. The highest BCUT2D eigenvalue weighted by Gasteiger charge is 2.35. The highest BCUT2D eigenvalue weighted by Crippen LogP contribution is 2.26. The number of hydrogen-bond donors (Lipinski definition) is 2. The van der Waals surface area contributed by atoms with E-state index < -0.39 is 5.92 Å². The SMILES string of the molecule is CC(C)NC(=O)c1ccccc1NC(=O)[C@@H]1CC(=O)N(c2ccc(F)cc2)C1. The highest BCUT2D eigenvalue weighted by atomic mass is 19.1. The molecule has 1 heterocycles. The molecule has 0 saturated carbocycles. The van der Waals surface area contributed by atoms with E-state index in [9.17, 15) is 18.8 Å². The van der Waals surface area contributed by atoms with Crippen molar-refractivity contribution in [2.75, 3.05) is 16.8 Å². The molecule has 1 aliphatic heterocycles. The van der Waals surface area contributed by atoms with Gasteiger partial charge in [0.2, 0.25) is 11.8 Å². The summed E-state index contributed by atoms with van der Waals surface area (Å²) in [6, 6.07) is 12.3. The van der Waals surface area contributed by atoms with Crippen molar-refractivity contribution in [2.45, 2.75) is 26.3 Å². The maximum absolute atomic E-state index is 13.1. The summed E-state index contributed by atoms with van der Waals surface area (Å²) in [5, 5.41) is 5.57. The lowest BCUT2D eigenvalue weighted by Crippen LogP contribution is -2.32. The number of amides is 3. The molecule has 2 N–H and O–H groups in total. The molecule has 2 aromatic rings. The Balaban J connectivity index is 1.71. The summed E-state index contributed by atoms with van der Waals surface area (Å²) >= 11 is 0. The van der Waals surface area contributed by atoms with Gasteiger partial charge in [-0.05, 0) is 50.2 Å². The van der Waals surface area contributed by atoms with Crippen LogP contribution in [0.3, 0.4) is 0 Å². The summed E-state index contributed by atoms with van der Waals surface area (Å²) < 4.78 is 13.1. The predicted molar refractivity (Wildman–Crippen MR) is 105 cm³/mol. The number of benzene rings is 2. The van der Waals surface area contributed by atoms with Crippen molar-refractivity contribution in [1.82, 2.24) is 5.32 Å². The molecule has 3 rings (SSSR count). The van der Waals surface area contributed by atoms with Gasteiger partial charge in [-0.1, -0.05) is 12.1 Å². The van der Waals surface area contributed by atoms with E-state index in [2.05, 4.69) is 10.6 Å². The van der Waals surface area contributed by atoms with Crippen LogP contribution in [0.15, 0.2) is 48.5 Å². The Morgan fingerprint density at radius 2 is 1.79 bits per heavy atom. The minimum absolute atomic E-state index is 0.0343. The lowest BCUT2D eigenvalue weighted by molar-refractivity contribution is -0.122. The second-order valence-corrected chi connectivity index (χ2v) is 7.04. The van der Waals surface area contributed by atoms with Crippen molar-refractivity contribution in [3.63, 3.8) is 0 Å². The van der Waals surface area contributed by atoms with Crippen molar-refractivity contribution >= 4 is 29.1 Å². The van der Waals surface area contributed by atoms with Gasteiger partial charge in [-0.2, -0.15) is 0 Å². The molecule has 0 unspecified atom stereocenters. The van der Waals surface area contributed by atoms with Gasteiger partial charge in [0, 0.05) is 24.7 Å². The smallest absolute Gasteiger partial charge is 0.253 e. The van der Waals surface area contributed by atoms with E-state index in [0.29, 0.717) is 16.9 Å². The minimum atomic E-state index is -0.557. The van der Waals surface area contributed by atoms with Crippen LogP contribution in [0, 0.1) is 11.7 Å². The Morgan fingerprint density at radius 1 is 1.11 bits per heavy atom. The number of carbonyl (C=O) groups is 3. The largest absolute Gasteiger partial charge is 0.350 e. The molecule has 0 aromatic heterocycles. The molecular weight excluding hydrogens is 361 g/mol. The number of nitrogens with zero attached hydrogens (tertiary/aromatic N) is 1. The summed E-state index contributed by atoms with van der Waals surface area (Å²) in [5.41, 5.74) is 1.32. The molecule has 7 heteroatoms. The molecule has 1 aliphatic rings. The van der Waals surface area contributed by atoms with Gasteiger partial charge in [0.1, 0.15) is 5.82 Å². The third-order valence-electron chi connectivity index (χ3n) is 4.48. The molecule has 6 nitrogen and oxygen atoms in total. The van der Waals surface area contributed by atoms with E-state index in [0.717, 1.165) is 0 Å². The van der Waals surface area contributed by atoms with E-state index in [1.165, 1.54) is 29.2 Å². The number of hydrogen-bond acceptors (Lipinski definition) is 3. The molecule has 0 aliphatic carbocycles. The van der Waals surface area contributed by atoms with E-state index in [1.54, 1.807) is 24.3 Å². The molecule has 1 atom stereocenters.